The second kappa shape index (κ2) is 11.5. The van der Waals surface area contributed by atoms with E-state index in [0.29, 0.717) is 18.4 Å². The number of aliphatic hydroxyl groups excluding tert-OH is 2. The highest BCUT2D eigenvalue weighted by molar-refractivity contribution is 5.96. The average molecular weight is 589 g/mol. The SMILES string of the molecule is CCCCCCCC(=O)O[C@]12C[C@@H](C)[C@]34C=C(C)[C@H](OC(=O)C(C)C(C)C)[C@@]3(O)[C@H](O)C(CO)=C[C@H](C4=O)[C@@H]1C2(C)C. The number of hydrogen-bond acceptors (Lipinski definition) is 8. The van der Waals surface area contributed by atoms with E-state index in [4.69, 9.17) is 9.47 Å². The van der Waals surface area contributed by atoms with Crippen LogP contribution in [0, 0.1) is 40.4 Å². The van der Waals surface area contributed by atoms with Crippen LogP contribution in [0.15, 0.2) is 23.3 Å². The lowest BCUT2D eigenvalue weighted by Gasteiger charge is -2.49. The molecule has 42 heavy (non-hydrogen) atoms. The summed E-state index contributed by atoms with van der Waals surface area (Å²) in [6.07, 6.45) is 5.95. The molecule has 3 N–H and O–H groups in total. The van der Waals surface area contributed by atoms with Gasteiger partial charge in [0.05, 0.1) is 17.9 Å². The third kappa shape index (κ3) is 4.62. The molecule has 4 rings (SSSR count). The van der Waals surface area contributed by atoms with Crippen LogP contribution in [-0.2, 0) is 23.9 Å². The molecule has 1 spiro atoms. The van der Waals surface area contributed by atoms with Gasteiger partial charge in [-0.1, -0.05) is 86.3 Å². The molecule has 2 saturated carbocycles. The number of unbranched alkanes of at least 4 members (excludes halogenated alkanes) is 4. The largest absolute Gasteiger partial charge is 0.458 e. The molecule has 0 aromatic rings. The predicted molar refractivity (Wildman–Crippen MR) is 158 cm³/mol. The van der Waals surface area contributed by atoms with Crippen LogP contribution in [0.5, 0.6) is 0 Å². The van der Waals surface area contributed by atoms with Crippen molar-refractivity contribution in [3.05, 3.63) is 23.3 Å². The fraction of sp³-hybridized carbons (Fsp3) is 0.794. The highest BCUT2D eigenvalue weighted by Crippen LogP contribution is 2.75. The molecule has 0 aliphatic heterocycles. The second-order valence-electron chi connectivity index (χ2n) is 14.5. The van der Waals surface area contributed by atoms with E-state index in [1.54, 1.807) is 26.0 Å². The van der Waals surface area contributed by atoms with Crippen LogP contribution in [-0.4, -0.2) is 63.1 Å². The van der Waals surface area contributed by atoms with Crippen LogP contribution < -0.4 is 0 Å². The van der Waals surface area contributed by atoms with Gasteiger partial charge in [0, 0.05) is 23.7 Å². The Bertz CT molecular complexity index is 1150. The average Bonchev–Trinajstić information content (AvgIpc) is 3.32. The number of hydrogen-bond donors (Lipinski definition) is 3. The zero-order chi connectivity index (χ0) is 31.4. The first-order valence-electron chi connectivity index (χ1n) is 16.0. The molecule has 0 saturated heterocycles. The van der Waals surface area contributed by atoms with E-state index in [9.17, 15) is 29.7 Å². The van der Waals surface area contributed by atoms with Gasteiger partial charge in [-0.05, 0) is 42.7 Å². The molecule has 0 heterocycles. The second-order valence-corrected chi connectivity index (χ2v) is 14.5. The Morgan fingerprint density at radius 2 is 1.76 bits per heavy atom. The first kappa shape index (κ1) is 32.9. The number of rotatable bonds is 11. The van der Waals surface area contributed by atoms with Gasteiger partial charge in [-0.25, -0.2) is 0 Å². The summed E-state index contributed by atoms with van der Waals surface area (Å²) < 4.78 is 12.3. The Kier molecular flexibility index (Phi) is 8.98. The standard InChI is InChI=1S/C34H52O8/c1-9-10-11-12-13-14-25(36)42-33-17-21(5)32-16-20(4)29(41-30(39)22(6)19(2)3)34(32,40)27(37)23(18-35)15-24(28(32)38)26(33)31(33,7)8/h15-16,19,21-22,24,26-27,29,35,37,40H,9-14,17-18H2,1-8H3/t21-,22?,24+,26-,27-,29+,32+,33-,34+/m1/s1. The predicted octanol–water partition coefficient (Wildman–Crippen LogP) is 4.68. The van der Waals surface area contributed by atoms with Crippen LogP contribution in [0.3, 0.4) is 0 Å². The number of ether oxygens (including phenoxy) is 2. The van der Waals surface area contributed by atoms with Crippen molar-refractivity contribution >= 4 is 17.7 Å². The van der Waals surface area contributed by atoms with Crippen LogP contribution in [0.4, 0.5) is 0 Å². The lowest BCUT2D eigenvalue weighted by molar-refractivity contribution is -0.206. The van der Waals surface area contributed by atoms with Gasteiger partial charge in [0.1, 0.15) is 11.7 Å². The summed E-state index contributed by atoms with van der Waals surface area (Å²) in [4.78, 5) is 41.2. The van der Waals surface area contributed by atoms with E-state index in [2.05, 4.69) is 6.92 Å². The summed E-state index contributed by atoms with van der Waals surface area (Å²) >= 11 is 0. The Balaban J connectivity index is 1.76. The molecule has 0 amide bonds. The van der Waals surface area contributed by atoms with E-state index in [1.165, 1.54) is 0 Å². The molecule has 8 heteroatoms. The molecule has 0 aromatic heterocycles. The zero-order valence-corrected chi connectivity index (χ0v) is 26.7. The maximum atomic E-state index is 14.8. The Labute approximate surface area is 250 Å². The van der Waals surface area contributed by atoms with Crippen molar-refractivity contribution in [2.24, 2.45) is 40.4 Å². The Hall–Kier alpha value is -2.03. The van der Waals surface area contributed by atoms with Crippen molar-refractivity contribution in [3.63, 3.8) is 0 Å². The molecular weight excluding hydrogens is 536 g/mol. The molecule has 2 fully saturated rings. The van der Waals surface area contributed by atoms with Gasteiger partial charge in [0.2, 0.25) is 0 Å². The number of carbonyl (C=O) groups excluding carboxylic acids is 3. The van der Waals surface area contributed by atoms with Gasteiger partial charge in [0.25, 0.3) is 0 Å². The number of carbonyl (C=O) groups is 3. The summed E-state index contributed by atoms with van der Waals surface area (Å²) in [5, 5.41) is 34.8. The quantitative estimate of drug-likeness (QED) is 0.180. The summed E-state index contributed by atoms with van der Waals surface area (Å²) in [7, 11) is 0. The van der Waals surface area contributed by atoms with E-state index in [1.807, 2.05) is 34.6 Å². The zero-order valence-electron chi connectivity index (χ0n) is 26.7. The minimum absolute atomic E-state index is 0.0166. The lowest BCUT2D eigenvalue weighted by Crippen LogP contribution is -2.66. The monoisotopic (exact) mass is 588 g/mol. The third-order valence-corrected chi connectivity index (χ3v) is 11.4. The molecule has 0 radical (unpaired) electrons. The summed E-state index contributed by atoms with van der Waals surface area (Å²) in [6.45, 7) is 14.6. The molecule has 4 aliphatic carbocycles. The van der Waals surface area contributed by atoms with Crippen molar-refractivity contribution in [2.45, 2.75) is 124 Å². The minimum atomic E-state index is -2.24. The molecule has 1 unspecified atom stereocenters. The number of fused-ring (bicyclic) bond motifs is 3. The smallest absolute Gasteiger partial charge is 0.309 e. The van der Waals surface area contributed by atoms with Gasteiger partial charge in [-0.3, -0.25) is 14.4 Å². The van der Waals surface area contributed by atoms with Crippen molar-refractivity contribution < 1.29 is 39.2 Å². The number of Topliss-reactive ketones (excluding diaryl/α,β-unsaturated/α-hetero) is 1. The molecular formula is C34H52O8. The van der Waals surface area contributed by atoms with Gasteiger partial charge in [-0.15, -0.1) is 0 Å². The van der Waals surface area contributed by atoms with Crippen LogP contribution in [0.25, 0.3) is 0 Å². The highest BCUT2D eigenvalue weighted by atomic mass is 16.6. The Morgan fingerprint density at radius 3 is 2.36 bits per heavy atom. The van der Waals surface area contributed by atoms with Crippen LogP contribution in [0.2, 0.25) is 0 Å². The summed E-state index contributed by atoms with van der Waals surface area (Å²) in [6, 6.07) is 0. The number of allylic oxidation sites excluding steroid dienone is 1. The summed E-state index contributed by atoms with van der Waals surface area (Å²) in [5.41, 5.74) is -4.77. The van der Waals surface area contributed by atoms with E-state index in [-0.39, 0.29) is 23.2 Å². The normalized spacial score (nSPS) is 38.9. The van der Waals surface area contributed by atoms with E-state index >= 15 is 0 Å². The number of aliphatic hydroxyl groups is 3. The minimum Gasteiger partial charge on any atom is -0.458 e. The molecule has 236 valence electrons. The van der Waals surface area contributed by atoms with Crippen molar-refractivity contribution in [1.82, 2.24) is 0 Å². The number of ketones is 1. The van der Waals surface area contributed by atoms with Crippen molar-refractivity contribution in [2.75, 3.05) is 6.61 Å². The first-order chi connectivity index (χ1) is 19.6. The Morgan fingerprint density at radius 1 is 1.12 bits per heavy atom. The number of esters is 2. The fourth-order valence-corrected chi connectivity index (χ4v) is 8.52. The maximum absolute atomic E-state index is 14.8. The van der Waals surface area contributed by atoms with Gasteiger partial charge in [-0.2, -0.15) is 0 Å². The van der Waals surface area contributed by atoms with Gasteiger partial charge in [0.15, 0.2) is 17.5 Å². The fourth-order valence-electron chi connectivity index (χ4n) is 8.52. The van der Waals surface area contributed by atoms with E-state index < -0.39 is 70.5 Å². The summed E-state index contributed by atoms with van der Waals surface area (Å²) in [5.74, 6) is -3.40. The molecule has 0 aromatic carbocycles. The highest BCUT2D eigenvalue weighted by Gasteiger charge is 2.83. The first-order valence-corrected chi connectivity index (χ1v) is 16.0. The van der Waals surface area contributed by atoms with Crippen molar-refractivity contribution in [1.29, 1.82) is 0 Å². The molecule has 8 nitrogen and oxygen atoms in total. The molecule has 9 atom stereocenters. The maximum Gasteiger partial charge on any atom is 0.309 e. The molecule has 4 aliphatic rings. The van der Waals surface area contributed by atoms with Crippen LogP contribution in [0.1, 0.15) is 100 Å². The van der Waals surface area contributed by atoms with E-state index in [0.717, 1.165) is 32.1 Å². The van der Waals surface area contributed by atoms with Gasteiger partial charge < -0.3 is 24.8 Å². The molecule has 2 bridgehead atoms. The van der Waals surface area contributed by atoms with Gasteiger partial charge >= 0.3 is 11.9 Å². The topological polar surface area (TPSA) is 130 Å². The van der Waals surface area contributed by atoms with Crippen molar-refractivity contribution in [3.8, 4) is 0 Å². The third-order valence-electron chi connectivity index (χ3n) is 11.4. The van der Waals surface area contributed by atoms with Crippen LogP contribution >= 0.6 is 0 Å². The lowest BCUT2D eigenvalue weighted by atomic mass is 9.59.